The second-order valence-corrected chi connectivity index (χ2v) is 8.69. The van der Waals surface area contributed by atoms with Crippen LogP contribution in [0.3, 0.4) is 0 Å². The van der Waals surface area contributed by atoms with Crippen LogP contribution in [0.2, 0.25) is 0 Å². The van der Waals surface area contributed by atoms with Gasteiger partial charge in [-0.2, -0.15) is 0 Å². The normalized spacial score (nSPS) is 20.2. The molecule has 1 aliphatic heterocycles. The van der Waals surface area contributed by atoms with Crippen LogP contribution in [0.15, 0.2) is 12.1 Å². The van der Waals surface area contributed by atoms with Crippen LogP contribution in [0.25, 0.3) is 0 Å². The molecule has 10 heteroatoms. The first kappa shape index (κ1) is 25.1. The fourth-order valence-electron chi connectivity index (χ4n) is 3.86. The summed E-state index contributed by atoms with van der Waals surface area (Å²) in [6, 6.07) is 3.18. The van der Waals surface area contributed by atoms with E-state index in [1.807, 2.05) is 0 Å². The molecule has 1 aliphatic carbocycles. The quantitative estimate of drug-likeness (QED) is 0.338. The lowest BCUT2D eigenvalue weighted by Crippen LogP contribution is -2.54. The molecule has 2 atom stereocenters. The van der Waals surface area contributed by atoms with Gasteiger partial charge in [-0.1, -0.05) is 13.8 Å². The minimum atomic E-state index is -1.25. The number of nitrogens with one attached hydrogen (secondary N) is 1. The topological polar surface area (TPSA) is 101 Å². The highest BCUT2D eigenvalue weighted by molar-refractivity contribution is 5.97. The highest BCUT2D eigenvalue weighted by atomic mass is 19.1. The Hall–Kier alpha value is -2.49. The fourth-order valence-corrected chi connectivity index (χ4v) is 3.86. The molecule has 0 radical (unpaired) electrons. The van der Waals surface area contributed by atoms with Gasteiger partial charge in [0.1, 0.15) is 23.1 Å². The van der Waals surface area contributed by atoms with Crippen LogP contribution in [0.5, 0.6) is 5.88 Å². The number of carbonyl (C=O) groups is 2. The Kier molecular flexibility index (Phi) is 8.45. The molecule has 1 unspecified atom stereocenters. The van der Waals surface area contributed by atoms with Crippen LogP contribution < -0.4 is 15.0 Å². The molecule has 2 aliphatic rings. The molecule has 1 saturated heterocycles. The zero-order valence-corrected chi connectivity index (χ0v) is 19.2. The number of anilines is 1. The number of pyridine rings is 1. The van der Waals surface area contributed by atoms with Gasteiger partial charge in [0.15, 0.2) is 0 Å². The molecule has 2 heterocycles. The number of aromatic nitrogens is 1. The van der Waals surface area contributed by atoms with Gasteiger partial charge < -0.3 is 24.8 Å². The van der Waals surface area contributed by atoms with Crippen molar-refractivity contribution in [2.75, 3.05) is 44.5 Å². The van der Waals surface area contributed by atoms with Crippen molar-refractivity contribution in [2.45, 2.75) is 51.2 Å². The standard InChI is InChI=1S/C23H33F2N3O5/c1-3-23(4-2,22(31)32-9-5-8-24)27-20(30)18-6-7-19(28-11-17(25)12-28)21(26-18)33-14-16-10-15(16)13-29/h6-7,15-17,29H,3-5,8-14H2,1-2H3,(H,27,30)/t15-,16?/m0/s1. The Morgan fingerprint density at radius 1 is 1.27 bits per heavy atom. The van der Waals surface area contributed by atoms with Crippen molar-refractivity contribution >= 4 is 17.6 Å². The summed E-state index contributed by atoms with van der Waals surface area (Å²) in [4.78, 5) is 31.8. The lowest BCUT2D eigenvalue weighted by atomic mass is 9.92. The number of aliphatic hydroxyl groups is 1. The minimum absolute atomic E-state index is 0.0563. The van der Waals surface area contributed by atoms with Crippen molar-refractivity contribution in [1.82, 2.24) is 10.3 Å². The molecule has 2 fully saturated rings. The molecule has 1 saturated carbocycles. The van der Waals surface area contributed by atoms with Crippen LogP contribution in [-0.2, 0) is 9.53 Å². The maximum absolute atomic E-state index is 13.4. The first-order chi connectivity index (χ1) is 15.9. The van der Waals surface area contributed by atoms with Gasteiger partial charge in [0, 0.05) is 13.0 Å². The molecule has 8 nitrogen and oxygen atoms in total. The van der Waals surface area contributed by atoms with E-state index in [0.29, 0.717) is 25.1 Å². The molecular weight excluding hydrogens is 436 g/mol. The molecule has 0 bridgehead atoms. The third kappa shape index (κ3) is 5.90. The van der Waals surface area contributed by atoms with E-state index < -0.39 is 30.3 Å². The van der Waals surface area contributed by atoms with Gasteiger partial charge in [0.05, 0.1) is 33.0 Å². The van der Waals surface area contributed by atoms with E-state index in [9.17, 15) is 23.5 Å². The summed E-state index contributed by atoms with van der Waals surface area (Å²) in [7, 11) is 0. The summed E-state index contributed by atoms with van der Waals surface area (Å²) in [6.45, 7) is 3.77. The van der Waals surface area contributed by atoms with E-state index in [2.05, 4.69) is 10.3 Å². The van der Waals surface area contributed by atoms with E-state index in [1.54, 1.807) is 24.8 Å². The molecule has 3 rings (SSSR count). The molecule has 0 aromatic carbocycles. The Morgan fingerprint density at radius 3 is 2.58 bits per heavy atom. The van der Waals surface area contributed by atoms with Gasteiger partial charge in [-0.3, -0.25) is 9.18 Å². The summed E-state index contributed by atoms with van der Waals surface area (Å²) in [5, 5.41) is 12.0. The SMILES string of the molecule is CCC(CC)(NC(=O)c1ccc(N2CC(F)C2)c(OCC2C[C@H]2CO)n1)C(=O)OCCCF. The van der Waals surface area contributed by atoms with Crippen LogP contribution in [-0.4, -0.2) is 73.3 Å². The number of halogens is 2. The van der Waals surface area contributed by atoms with Crippen LogP contribution in [0, 0.1) is 11.8 Å². The van der Waals surface area contributed by atoms with Gasteiger partial charge in [0.25, 0.3) is 5.91 Å². The summed E-state index contributed by atoms with van der Waals surface area (Å²) in [5.74, 6) is -0.524. The Morgan fingerprint density at radius 2 is 2.00 bits per heavy atom. The number of ether oxygens (including phenoxy) is 2. The van der Waals surface area contributed by atoms with Gasteiger partial charge in [-0.25, -0.2) is 14.2 Å². The highest BCUT2D eigenvalue weighted by Gasteiger charge is 2.40. The summed E-state index contributed by atoms with van der Waals surface area (Å²) in [6.07, 6.45) is 0.632. The first-order valence-corrected chi connectivity index (χ1v) is 11.6. The summed E-state index contributed by atoms with van der Waals surface area (Å²) < 4.78 is 36.8. The maximum Gasteiger partial charge on any atom is 0.331 e. The van der Waals surface area contributed by atoms with E-state index in [4.69, 9.17) is 9.47 Å². The number of rotatable bonds is 13. The van der Waals surface area contributed by atoms with Crippen molar-refractivity contribution in [3.8, 4) is 5.88 Å². The number of hydrogen-bond acceptors (Lipinski definition) is 7. The van der Waals surface area contributed by atoms with Crippen molar-refractivity contribution in [1.29, 1.82) is 0 Å². The average Bonchev–Trinajstić information content (AvgIpc) is 3.57. The lowest BCUT2D eigenvalue weighted by Gasteiger charge is -2.37. The summed E-state index contributed by atoms with van der Waals surface area (Å²) in [5.41, 5.74) is -0.594. The zero-order chi connectivity index (χ0) is 24.0. The predicted octanol–water partition coefficient (Wildman–Crippen LogP) is 2.44. The summed E-state index contributed by atoms with van der Waals surface area (Å²) >= 11 is 0. The van der Waals surface area contributed by atoms with Gasteiger partial charge in [0.2, 0.25) is 5.88 Å². The number of amides is 1. The second-order valence-electron chi connectivity index (χ2n) is 8.69. The molecular formula is C23H33F2N3O5. The third-order valence-electron chi connectivity index (χ3n) is 6.45. The van der Waals surface area contributed by atoms with Gasteiger partial charge in [-0.15, -0.1) is 0 Å². The number of esters is 1. The monoisotopic (exact) mass is 469 g/mol. The Balaban J connectivity index is 1.75. The zero-order valence-electron chi connectivity index (χ0n) is 19.2. The van der Waals surface area contributed by atoms with Gasteiger partial charge in [-0.05, 0) is 43.2 Å². The van der Waals surface area contributed by atoms with E-state index in [-0.39, 0.29) is 56.1 Å². The first-order valence-electron chi connectivity index (χ1n) is 11.6. The highest BCUT2D eigenvalue weighted by Crippen LogP contribution is 2.39. The number of nitrogens with zero attached hydrogens (tertiary/aromatic N) is 2. The number of hydrogen-bond donors (Lipinski definition) is 2. The molecule has 1 aromatic heterocycles. The predicted molar refractivity (Wildman–Crippen MR) is 118 cm³/mol. The number of aliphatic hydroxyl groups excluding tert-OH is 1. The molecule has 2 N–H and O–H groups in total. The van der Waals surface area contributed by atoms with Crippen LogP contribution >= 0.6 is 0 Å². The van der Waals surface area contributed by atoms with Crippen molar-refractivity contribution in [3.05, 3.63) is 17.8 Å². The minimum Gasteiger partial charge on any atom is -0.476 e. The van der Waals surface area contributed by atoms with Crippen LogP contribution in [0.4, 0.5) is 14.5 Å². The van der Waals surface area contributed by atoms with E-state index >= 15 is 0 Å². The third-order valence-corrected chi connectivity index (χ3v) is 6.45. The largest absolute Gasteiger partial charge is 0.476 e. The molecule has 0 spiro atoms. The lowest BCUT2D eigenvalue weighted by molar-refractivity contribution is -0.152. The van der Waals surface area contributed by atoms with Gasteiger partial charge >= 0.3 is 5.97 Å². The van der Waals surface area contributed by atoms with Crippen LogP contribution in [0.1, 0.15) is 50.0 Å². The number of carbonyl (C=O) groups excluding carboxylic acids is 2. The van der Waals surface area contributed by atoms with Crippen molar-refractivity contribution in [3.63, 3.8) is 0 Å². The Labute approximate surface area is 192 Å². The molecule has 1 amide bonds. The van der Waals surface area contributed by atoms with E-state index in [1.165, 1.54) is 6.07 Å². The van der Waals surface area contributed by atoms with Crippen molar-refractivity contribution in [2.24, 2.45) is 11.8 Å². The van der Waals surface area contributed by atoms with Crippen molar-refractivity contribution < 1.29 is 33.0 Å². The molecule has 1 aromatic rings. The average molecular weight is 470 g/mol. The fraction of sp³-hybridized carbons (Fsp3) is 0.696. The molecule has 33 heavy (non-hydrogen) atoms. The Bertz CT molecular complexity index is 830. The van der Waals surface area contributed by atoms with E-state index in [0.717, 1.165) is 6.42 Å². The maximum atomic E-state index is 13.4. The smallest absolute Gasteiger partial charge is 0.331 e. The second kappa shape index (κ2) is 11.1. The number of alkyl halides is 2. The molecule has 184 valence electrons.